The predicted octanol–water partition coefficient (Wildman–Crippen LogP) is 5.63. The summed E-state index contributed by atoms with van der Waals surface area (Å²) in [5, 5.41) is 1.13. The van der Waals surface area contributed by atoms with Crippen LogP contribution in [0, 0.1) is 6.92 Å². The number of anilines is 1. The minimum Gasteiger partial charge on any atom is -0.368 e. The molecule has 0 saturated carbocycles. The van der Waals surface area contributed by atoms with E-state index in [1.165, 1.54) is 24.5 Å². The maximum Gasteiger partial charge on any atom is 0.209 e. The largest absolute Gasteiger partial charge is 0.368 e. The highest BCUT2D eigenvalue weighted by Gasteiger charge is 2.16. The second-order valence-electron chi connectivity index (χ2n) is 8.09. The molecule has 0 spiro atoms. The second-order valence-corrected chi connectivity index (χ2v) is 10.9. The van der Waals surface area contributed by atoms with Crippen LogP contribution in [0.4, 0.5) is 10.1 Å². The van der Waals surface area contributed by atoms with Gasteiger partial charge in [0.05, 0.1) is 14.9 Å². The van der Waals surface area contributed by atoms with Crippen LogP contribution in [0.5, 0.6) is 0 Å². The van der Waals surface area contributed by atoms with Gasteiger partial charge in [-0.25, -0.2) is 12.8 Å². The molecular formula is C26H25Cl2FN2O3S. The maximum absolute atomic E-state index is 13.1. The Morgan fingerprint density at radius 2 is 1.71 bits per heavy atom. The molecule has 1 aliphatic heterocycles. The third kappa shape index (κ3) is 7.33. The number of allylic oxidation sites excluding steroid dienone is 5. The molecule has 2 aliphatic rings. The molecule has 9 heteroatoms. The van der Waals surface area contributed by atoms with Gasteiger partial charge in [-0.3, -0.25) is 4.79 Å². The van der Waals surface area contributed by atoms with Crippen LogP contribution in [-0.4, -0.2) is 52.2 Å². The SMILES string of the molecule is Cc1cc(S(C)(=O)=O)ccc1C1=C=CC=C(F)C=C1.O=CN1CCN(c2ccc(Cl)c(Cl)c2)CC1. The first-order valence-corrected chi connectivity index (χ1v) is 13.4. The third-order valence-electron chi connectivity index (χ3n) is 5.54. The lowest BCUT2D eigenvalue weighted by molar-refractivity contribution is -0.118. The van der Waals surface area contributed by atoms with E-state index in [-0.39, 0.29) is 10.7 Å². The summed E-state index contributed by atoms with van der Waals surface area (Å²) in [6, 6.07) is 10.5. The number of hydrogen-bond acceptors (Lipinski definition) is 4. The zero-order chi connectivity index (χ0) is 25.6. The Morgan fingerprint density at radius 1 is 1.00 bits per heavy atom. The highest BCUT2D eigenvalue weighted by atomic mass is 35.5. The number of benzene rings is 2. The van der Waals surface area contributed by atoms with Gasteiger partial charge in [0.25, 0.3) is 0 Å². The van der Waals surface area contributed by atoms with E-state index in [2.05, 4.69) is 10.6 Å². The van der Waals surface area contributed by atoms with Crippen LogP contribution in [-0.2, 0) is 14.6 Å². The Balaban J connectivity index is 0.000000198. The predicted molar refractivity (Wildman–Crippen MR) is 140 cm³/mol. The van der Waals surface area contributed by atoms with Crippen molar-refractivity contribution in [3.05, 3.63) is 93.4 Å². The number of carbonyl (C=O) groups is 1. The summed E-state index contributed by atoms with van der Waals surface area (Å²) in [7, 11) is -3.21. The van der Waals surface area contributed by atoms with E-state index in [0.717, 1.165) is 55.0 Å². The van der Waals surface area contributed by atoms with Crippen LogP contribution in [0.25, 0.3) is 5.57 Å². The van der Waals surface area contributed by atoms with Crippen LogP contribution in [0.3, 0.4) is 0 Å². The number of halogens is 3. The first-order valence-electron chi connectivity index (χ1n) is 10.8. The van der Waals surface area contributed by atoms with E-state index in [9.17, 15) is 17.6 Å². The molecule has 0 atom stereocenters. The Morgan fingerprint density at radius 3 is 2.31 bits per heavy atom. The standard InChI is InChI=1S/C15H13FO2S.C11H12Cl2N2O/c1-11-10-14(19(2,17)18)8-9-15(11)12-4-3-5-13(16)7-6-12;12-10-2-1-9(7-11(10)13)15-5-3-14(8-16)4-6-15/h3,5-10H,1-2H3;1-2,7-8H,3-6H2. The molecule has 0 radical (unpaired) electrons. The highest BCUT2D eigenvalue weighted by molar-refractivity contribution is 7.90. The molecule has 1 heterocycles. The molecule has 35 heavy (non-hydrogen) atoms. The lowest BCUT2D eigenvalue weighted by Gasteiger charge is -2.34. The Labute approximate surface area is 215 Å². The normalized spacial score (nSPS) is 15.6. The van der Waals surface area contributed by atoms with Gasteiger partial charge in [-0.05, 0) is 72.7 Å². The fourth-order valence-electron chi connectivity index (χ4n) is 3.58. The zero-order valence-corrected chi connectivity index (χ0v) is 21.7. The van der Waals surface area contributed by atoms with Crippen molar-refractivity contribution in [2.45, 2.75) is 11.8 Å². The van der Waals surface area contributed by atoms with Gasteiger partial charge in [-0.2, -0.15) is 0 Å². The molecule has 1 aliphatic carbocycles. The summed E-state index contributed by atoms with van der Waals surface area (Å²) in [4.78, 5) is 14.8. The average Bonchev–Trinajstić information content (AvgIpc) is 3.05. The monoisotopic (exact) mass is 534 g/mol. The summed E-state index contributed by atoms with van der Waals surface area (Å²) in [5.41, 5.74) is 6.39. The molecule has 184 valence electrons. The Hall–Kier alpha value is -2.83. The molecule has 0 bridgehead atoms. The lowest BCUT2D eigenvalue weighted by Crippen LogP contribution is -2.45. The van der Waals surface area contributed by atoms with Gasteiger partial charge < -0.3 is 9.80 Å². The summed E-state index contributed by atoms with van der Waals surface area (Å²) >= 11 is 11.8. The minimum atomic E-state index is -3.21. The topological polar surface area (TPSA) is 57.7 Å². The number of rotatable bonds is 4. The van der Waals surface area contributed by atoms with Crippen molar-refractivity contribution in [3.63, 3.8) is 0 Å². The summed E-state index contributed by atoms with van der Waals surface area (Å²) in [6.45, 7) is 4.99. The smallest absolute Gasteiger partial charge is 0.209 e. The van der Waals surface area contributed by atoms with E-state index < -0.39 is 9.84 Å². The van der Waals surface area contributed by atoms with Crippen molar-refractivity contribution in [2.24, 2.45) is 0 Å². The van der Waals surface area contributed by atoms with Gasteiger partial charge in [0.15, 0.2) is 9.84 Å². The Bertz CT molecular complexity index is 1340. The second kappa shape index (κ2) is 11.7. The van der Waals surface area contributed by atoms with Crippen molar-refractivity contribution < 1.29 is 17.6 Å². The van der Waals surface area contributed by atoms with Crippen LogP contribution in [0.2, 0.25) is 10.0 Å². The third-order valence-corrected chi connectivity index (χ3v) is 7.39. The lowest BCUT2D eigenvalue weighted by atomic mass is 10.0. The summed E-state index contributed by atoms with van der Waals surface area (Å²) < 4.78 is 36.0. The number of piperazine rings is 1. The van der Waals surface area contributed by atoms with Crippen molar-refractivity contribution >= 4 is 50.7 Å². The van der Waals surface area contributed by atoms with Crippen LogP contribution >= 0.6 is 23.2 Å². The maximum atomic E-state index is 13.1. The molecule has 5 nitrogen and oxygen atoms in total. The van der Waals surface area contributed by atoms with Crippen LogP contribution in [0.15, 0.2) is 77.2 Å². The fraction of sp³-hybridized carbons (Fsp3) is 0.231. The van der Waals surface area contributed by atoms with Crippen molar-refractivity contribution in [1.82, 2.24) is 4.90 Å². The minimum absolute atomic E-state index is 0.278. The van der Waals surface area contributed by atoms with E-state index in [4.69, 9.17) is 23.2 Å². The molecule has 1 fully saturated rings. The fourth-order valence-corrected chi connectivity index (χ4v) is 4.58. The van der Waals surface area contributed by atoms with E-state index in [1.807, 2.05) is 19.1 Å². The first-order chi connectivity index (χ1) is 16.6. The summed E-state index contributed by atoms with van der Waals surface area (Å²) in [6.07, 6.45) is 7.88. The first kappa shape index (κ1) is 26.8. The molecule has 1 amide bonds. The number of carbonyl (C=O) groups excluding carboxylic acids is 1. The van der Waals surface area contributed by atoms with E-state index in [1.54, 1.807) is 35.2 Å². The van der Waals surface area contributed by atoms with Crippen LogP contribution in [0.1, 0.15) is 11.1 Å². The number of aryl methyl sites for hydroxylation is 1. The van der Waals surface area contributed by atoms with Crippen molar-refractivity contribution in [1.29, 1.82) is 0 Å². The molecular weight excluding hydrogens is 510 g/mol. The van der Waals surface area contributed by atoms with Gasteiger partial charge in [0.1, 0.15) is 5.83 Å². The van der Waals surface area contributed by atoms with E-state index >= 15 is 0 Å². The molecule has 1 saturated heterocycles. The molecule has 4 rings (SSSR count). The molecule has 0 N–H and O–H groups in total. The molecule has 0 aromatic heterocycles. The van der Waals surface area contributed by atoms with Gasteiger partial charge >= 0.3 is 0 Å². The molecule has 2 aromatic carbocycles. The average molecular weight is 535 g/mol. The molecule has 0 unspecified atom stereocenters. The quantitative estimate of drug-likeness (QED) is 0.376. The van der Waals surface area contributed by atoms with Crippen molar-refractivity contribution in [2.75, 3.05) is 37.3 Å². The van der Waals surface area contributed by atoms with Gasteiger partial charge in [0.2, 0.25) is 6.41 Å². The number of sulfone groups is 1. The van der Waals surface area contributed by atoms with Gasteiger partial charge in [0, 0.05) is 43.7 Å². The number of hydrogen-bond donors (Lipinski definition) is 0. The zero-order valence-electron chi connectivity index (χ0n) is 19.3. The number of nitrogens with zero attached hydrogens (tertiary/aromatic N) is 2. The Kier molecular flexibility index (Phi) is 8.98. The summed E-state index contributed by atoms with van der Waals surface area (Å²) in [5.74, 6) is -0.340. The highest BCUT2D eigenvalue weighted by Crippen LogP contribution is 2.28. The van der Waals surface area contributed by atoms with Crippen LogP contribution < -0.4 is 4.90 Å². The van der Waals surface area contributed by atoms with Gasteiger partial charge in [-0.1, -0.05) is 29.3 Å². The van der Waals surface area contributed by atoms with Gasteiger partial charge in [-0.15, -0.1) is 5.73 Å². The molecule has 2 aromatic rings. The van der Waals surface area contributed by atoms with Crippen molar-refractivity contribution in [3.8, 4) is 0 Å². The number of amides is 1. The van der Waals surface area contributed by atoms with E-state index in [0.29, 0.717) is 10.0 Å².